The minimum atomic E-state index is -0.471. The van der Waals surface area contributed by atoms with E-state index in [2.05, 4.69) is 20.6 Å². The molecule has 1 N–H and O–H groups in total. The van der Waals surface area contributed by atoms with Crippen molar-refractivity contribution in [1.82, 2.24) is 24.5 Å². The molecule has 144 valence electrons. The van der Waals surface area contributed by atoms with Gasteiger partial charge in [-0.1, -0.05) is 12.1 Å². The summed E-state index contributed by atoms with van der Waals surface area (Å²) in [5.41, 5.74) is 2.39. The summed E-state index contributed by atoms with van der Waals surface area (Å²) >= 11 is 0. The van der Waals surface area contributed by atoms with E-state index in [-0.39, 0.29) is 11.6 Å². The van der Waals surface area contributed by atoms with Gasteiger partial charge < -0.3 is 9.88 Å². The van der Waals surface area contributed by atoms with Gasteiger partial charge in [0.2, 0.25) is 0 Å². The third kappa shape index (κ3) is 3.72. The first-order valence-corrected chi connectivity index (χ1v) is 8.56. The molecule has 0 unspecified atom stereocenters. The number of hydrogen-bond acceptors (Lipinski definition) is 6. The molecule has 0 aliphatic rings. The van der Waals surface area contributed by atoms with Crippen LogP contribution in [0.1, 0.15) is 10.4 Å². The fraction of sp³-hybridized carbons (Fsp3) is 0.0526. The highest BCUT2D eigenvalue weighted by Crippen LogP contribution is 2.21. The topological polar surface area (TPSA) is 121 Å². The molecule has 0 atom stereocenters. The molecule has 10 heteroatoms. The van der Waals surface area contributed by atoms with Gasteiger partial charge in [-0.25, -0.2) is 4.68 Å². The second-order valence-corrected chi connectivity index (χ2v) is 6.25. The molecule has 2 aromatic carbocycles. The van der Waals surface area contributed by atoms with E-state index in [4.69, 9.17) is 0 Å². The zero-order valence-corrected chi connectivity index (χ0v) is 15.3. The number of nitrogens with zero attached hydrogens (tertiary/aromatic N) is 6. The predicted molar refractivity (Wildman–Crippen MR) is 105 cm³/mol. The normalized spacial score (nSPS) is 10.7. The van der Waals surface area contributed by atoms with Crippen LogP contribution in [0.15, 0.2) is 67.3 Å². The summed E-state index contributed by atoms with van der Waals surface area (Å²) in [6.07, 6.45) is 4.60. The number of rotatable bonds is 5. The van der Waals surface area contributed by atoms with Crippen molar-refractivity contribution in [3.63, 3.8) is 0 Å². The molecule has 0 aliphatic heterocycles. The van der Waals surface area contributed by atoms with E-state index in [0.717, 1.165) is 5.56 Å². The smallest absolute Gasteiger partial charge is 0.269 e. The molecule has 0 aliphatic carbocycles. The van der Waals surface area contributed by atoms with Crippen LogP contribution >= 0.6 is 0 Å². The Hall–Kier alpha value is -4.34. The van der Waals surface area contributed by atoms with Crippen molar-refractivity contribution >= 4 is 17.3 Å². The zero-order chi connectivity index (χ0) is 20.4. The van der Waals surface area contributed by atoms with Crippen LogP contribution in [0, 0.1) is 10.1 Å². The summed E-state index contributed by atoms with van der Waals surface area (Å²) in [5, 5.41) is 25.7. The van der Waals surface area contributed by atoms with Gasteiger partial charge in [0.15, 0.2) is 5.82 Å². The molecule has 10 nitrogen and oxygen atoms in total. The lowest BCUT2D eigenvalue weighted by Crippen LogP contribution is -2.11. The number of carbonyl (C=O) groups excluding carboxylic acids is 1. The van der Waals surface area contributed by atoms with Crippen molar-refractivity contribution in [2.75, 3.05) is 5.32 Å². The van der Waals surface area contributed by atoms with E-state index in [1.54, 1.807) is 35.3 Å². The van der Waals surface area contributed by atoms with Gasteiger partial charge in [-0.15, -0.1) is 10.2 Å². The Balaban J connectivity index is 1.51. The van der Waals surface area contributed by atoms with Gasteiger partial charge in [0, 0.05) is 36.6 Å². The lowest BCUT2D eigenvalue weighted by molar-refractivity contribution is -0.384. The first kappa shape index (κ1) is 18.0. The molecule has 2 heterocycles. The summed E-state index contributed by atoms with van der Waals surface area (Å²) in [6.45, 7) is 0. The van der Waals surface area contributed by atoms with Crippen molar-refractivity contribution < 1.29 is 9.72 Å². The average Bonchev–Trinajstić information content (AvgIpc) is 3.37. The van der Waals surface area contributed by atoms with E-state index in [1.165, 1.54) is 23.0 Å². The van der Waals surface area contributed by atoms with E-state index in [9.17, 15) is 14.9 Å². The fourth-order valence-corrected chi connectivity index (χ4v) is 2.79. The largest absolute Gasteiger partial charge is 0.322 e. The Morgan fingerprint density at radius 2 is 1.97 bits per heavy atom. The molecule has 0 radical (unpaired) electrons. The quantitative estimate of drug-likeness (QED) is 0.414. The summed E-state index contributed by atoms with van der Waals surface area (Å²) < 4.78 is 3.27. The number of non-ortho nitro benzene ring substituents is 1. The lowest BCUT2D eigenvalue weighted by atomic mass is 10.2. The van der Waals surface area contributed by atoms with Gasteiger partial charge in [-0.2, -0.15) is 5.10 Å². The molecule has 29 heavy (non-hydrogen) atoms. The molecule has 1 amide bonds. The van der Waals surface area contributed by atoms with E-state index < -0.39 is 4.92 Å². The van der Waals surface area contributed by atoms with Crippen molar-refractivity contribution in [2.24, 2.45) is 7.05 Å². The van der Waals surface area contributed by atoms with Gasteiger partial charge in [-0.05, 0) is 24.3 Å². The minimum absolute atomic E-state index is 0.0123. The molecule has 0 bridgehead atoms. The van der Waals surface area contributed by atoms with E-state index >= 15 is 0 Å². The van der Waals surface area contributed by atoms with Crippen LogP contribution in [0.2, 0.25) is 0 Å². The van der Waals surface area contributed by atoms with E-state index in [1.807, 2.05) is 25.2 Å². The highest BCUT2D eigenvalue weighted by molar-refractivity contribution is 6.04. The van der Waals surface area contributed by atoms with Crippen molar-refractivity contribution in [1.29, 1.82) is 0 Å². The zero-order valence-electron chi connectivity index (χ0n) is 15.3. The maximum absolute atomic E-state index is 12.6. The third-order valence-electron chi connectivity index (χ3n) is 4.26. The maximum Gasteiger partial charge on any atom is 0.269 e. The van der Waals surface area contributed by atoms with Crippen molar-refractivity contribution in [3.05, 3.63) is 82.9 Å². The maximum atomic E-state index is 12.6. The van der Waals surface area contributed by atoms with Crippen LogP contribution in [0.25, 0.3) is 17.1 Å². The number of anilines is 1. The standard InChI is InChI=1S/C19H15N7O3/c1-24-12-20-23-18(24)13-3-2-4-15(9-13)22-19(27)14-10-21-25(11-14)16-5-7-17(8-6-16)26(28)29/h2-12H,1H3,(H,22,27). The lowest BCUT2D eigenvalue weighted by Gasteiger charge is -2.06. The summed E-state index contributed by atoms with van der Waals surface area (Å²) in [7, 11) is 1.84. The first-order chi connectivity index (χ1) is 14.0. The summed E-state index contributed by atoms with van der Waals surface area (Å²) in [4.78, 5) is 22.9. The number of nitro benzene ring substituents is 1. The SMILES string of the molecule is Cn1cnnc1-c1cccc(NC(=O)c2cnn(-c3ccc([N+](=O)[O-])cc3)c2)c1. The number of benzene rings is 2. The second kappa shape index (κ2) is 7.35. The molecule has 0 saturated carbocycles. The molecule has 4 aromatic rings. The van der Waals surface area contributed by atoms with Gasteiger partial charge in [0.05, 0.1) is 22.4 Å². The first-order valence-electron chi connectivity index (χ1n) is 8.56. The number of nitrogens with one attached hydrogen (secondary N) is 1. The van der Waals surface area contributed by atoms with Gasteiger partial charge >= 0.3 is 0 Å². The Labute approximate surface area is 164 Å². The van der Waals surface area contributed by atoms with Crippen LogP contribution in [-0.2, 0) is 7.05 Å². The Morgan fingerprint density at radius 3 is 2.66 bits per heavy atom. The highest BCUT2D eigenvalue weighted by Gasteiger charge is 2.12. The highest BCUT2D eigenvalue weighted by atomic mass is 16.6. The Kier molecular flexibility index (Phi) is 4.57. The summed E-state index contributed by atoms with van der Waals surface area (Å²) in [6, 6.07) is 13.2. The molecule has 0 fully saturated rings. The minimum Gasteiger partial charge on any atom is -0.322 e. The number of amides is 1. The van der Waals surface area contributed by atoms with Gasteiger partial charge in [0.25, 0.3) is 11.6 Å². The van der Waals surface area contributed by atoms with Crippen molar-refractivity contribution in [2.45, 2.75) is 0 Å². The molecule has 0 spiro atoms. The molecular weight excluding hydrogens is 374 g/mol. The average molecular weight is 389 g/mol. The van der Waals surface area contributed by atoms with Crippen LogP contribution in [0.4, 0.5) is 11.4 Å². The molecule has 2 aromatic heterocycles. The second-order valence-electron chi connectivity index (χ2n) is 6.25. The number of carbonyl (C=O) groups is 1. The van der Waals surface area contributed by atoms with Crippen LogP contribution in [0.5, 0.6) is 0 Å². The van der Waals surface area contributed by atoms with Gasteiger partial charge in [-0.3, -0.25) is 14.9 Å². The third-order valence-corrected chi connectivity index (χ3v) is 4.26. The van der Waals surface area contributed by atoms with Crippen molar-refractivity contribution in [3.8, 4) is 17.1 Å². The molecular formula is C19H15N7O3. The monoisotopic (exact) mass is 389 g/mol. The number of aromatic nitrogens is 5. The van der Waals surface area contributed by atoms with E-state index in [0.29, 0.717) is 22.8 Å². The summed E-state index contributed by atoms with van der Waals surface area (Å²) in [5.74, 6) is 0.361. The fourth-order valence-electron chi connectivity index (χ4n) is 2.79. The molecule has 0 saturated heterocycles. The Morgan fingerprint density at radius 1 is 1.17 bits per heavy atom. The molecule has 4 rings (SSSR count). The number of nitro groups is 1. The number of aryl methyl sites for hydroxylation is 1. The van der Waals surface area contributed by atoms with Crippen LogP contribution in [-0.4, -0.2) is 35.4 Å². The van der Waals surface area contributed by atoms with Crippen LogP contribution < -0.4 is 5.32 Å². The number of hydrogen-bond donors (Lipinski definition) is 1. The van der Waals surface area contributed by atoms with Crippen LogP contribution in [0.3, 0.4) is 0 Å². The Bertz CT molecular complexity index is 1190. The predicted octanol–water partition coefficient (Wildman–Crippen LogP) is 2.83. The van der Waals surface area contributed by atoms with Gasteiger partial charge in [0.1, 0.15) is 6.33 Å².